The van der Waals surface area contributed by atoms with Gasteiger partial charge in [-0.15, -0.1) is 0 Å². The monoisotopic (exact) mass is 718 g/mol. The zero-order valence-electron chi connectivity index (χ0n) is 29.4. The number of nitrogens with zero attached hydrogens (tertiary/aromatic N) is 2. The maximum absolute atomic E-state index is 10.9. The first-order chi connectivity index (χ1) is 26.9. The molecule has 2 aliphatic rings. The Balaban J connectivity index is 1.04. The number of aromatic hydroxyl groups is 5. The minimum atomic E-state index is -0.984. The normalized spacial score (nSPS) is 16.0. The molecule has 10 rings (SSSR count). The molecule has 2 unspecified atom stereocenters. The number of allylic oxidation sites excluding steroid dienone is 2. The van der Waals surface area contributed by atoms with Crippen molar-refractivity contribution in [1.29, 1.82) is 0 Å². The van der Waals surface area contributed by atoms with Crippen molar-refractivity contribution >= 4 is 38.8 Å². The van der Waals surface area contributed by atoms with E-state index in [0.717, 1.165) is 55.3 Å². The fourth-order valence-corrected chi connectivity index (χ4v) is 8.44. The topological polar surface area (TPSA) is 109 Å². The molecule has 0 saturated heterocycles. The van der Waals surface area contributed by atoms with E-state index in [4.69, 9.17) is 0 Å². The smallest absolute Gasteiger partial charge is 0.208 e. The molecule has 0 spiro atoms. The van der Waals surface area contributed by atoms with Crippen LogP contribution in [0.5, 0.6) is 28.7 Å². The van der Waals surface area contributed by atoms with Gasteiger partial charge in [0, 0.05) is 28.1 Å². The first-order valence-electron chi connectivity index (χ1n) is 18.1. The molecule has 55 heavy (non-hydrogen) atoms. The van der Waals surface area contributed by atoms with E-state index < -0.39 is 34.8 Å². The summed E-state index contributed by atoms with van der Waals surface area (Å²) >= 11 is 0. The number of rotatable bonds is 5. The Labute approximate surface area is 316 Å². The number of phenols is 5. The molecule has 0 bridgehead atoms. The quantitative estimate of drug-likeness (QED) is 0.0895. The van der Waals surface area contributed by atoms with Crippen molar-refractivity contribution < 1.29 is 25.5 Å². The van der Waals surface area contributed by atoms with Gasteiger partial charge in [-0.3, -0.25) is 0 Å². The van der Waals surface area contributed by atoms with E-state index >= 15 is 0 Å². The second-order valence-electron chi connectivity index (χ2n) is 14.1. The van der Waals surface area contributed by atoms with Gasteiger partial charge in [-0.1, -0.05) is 127 Å². The van der Waals surface area contributed by atoms with Crippen molar-refractivity contribution in [2.45, 2.75) is 12.0 Å². The third-order valence-electron chi connectivity index (χ3n) is 11.1. The van der Waals surface area contributed by atoms with Crippen LogP contribution in [-0.4, -0.2) is 36.1 Å². The Bertz CT molecular complexity index is 2860. The van der Waals surface area contributed by atoms with Gasteiger partial charge >= 0.3 is 0 Å². The summed E-state index contributed by atoms with van der Waals surface area (Å²) in [5, 5.41) is 55.0. The maximum Gasteiger partial charge on any atom is 0.208 e. The Morgan fingerprint density at radius 3 is 1.84 bits per heavy atom. The maximum atomic E-state index is 10.9. The van der Waals surface area contributed by atoms with Crippen molar-refractivity contribution in [1.82, 2.24) is 4.57 Å². The summed E-state index contributed by atoms with van der Waals surface area (Å²) in [7, 11) is 0. The highest BCUT2D eigenvalue weighted by Crippen LogP contribution is 2.60. The van der Waals surface area contributed by atoms with E-state index in [0.29, 0.717) is 5.69 Å². The predicted octanol–water partition coefficient (Wildman–Crippen LogP) is 10.9. The van der Waals surface area contributed by atoms with E-state index in [-0.39, 0.29) is 11.6 Å². The van der Waals surface area contributed by atoms with Gasteiger partial charge in [-0.25, -0.2) is 0 Å². The van der Waals surface area contributed by atoms with E-state index in [1.807, 2.05) is 42.5 Å². The third kappa shape index (κ3) is 4.97. The number of aromatic nitrogens is 1. The summed E-state index contributed by atoms with van der Waals surface area (Å²) in [5.74, 6) is -4.42. The van der Waals surface area contributed by atoms with Crippen LogP contribution in [0.25, 0.3) is 55.3 Å². The fourth-order valence-electron chi connectivity index (χ4n) is 8.44. The van der Waals surface area contributed by atoms with Gasteiger partial charge in [-0.2, -0.15) is 0 Å². The molecular weight excluding hydrogens is 685 g/mol. The SMILES string of the molecule is Oc1c(O)c(O)c(N2c3ccccc3C3C=C(c4ccc5c(c4)c4ccccc4n5-c4cccc(-c5ccc(-c6ccccc6)cc5)c4)C=CC32)c(O)c1O. The van der Waals surface area contributed by atoms with Crippen LogP contribution < -0.4 is 4.90 Å². The van der Waals surface area contributed by atoms with E-state index in [9.17, 15) is 25.5 Å². The van der Waals surface area contributed by atoms with Crippen LogP contribution in [0.4, 0.5) is 11.4 Å². The molecule has 0 radical (unpaired) electrons. The summed E-state index contributed by atoms with van der Waals surface area (Å²) < 4.78 is 2.32. The molecule has 2 atom stereocenters. The molecule has 7 heteroatoms. The highest BCUT2D eigenvalue weighted by molar-refractivity contribution is 6.10. The first-order valence-corrected chi connectivity index (χ1v) is 18.1. The van der Waals surface area contributed by atoms with Gasteiger partial charge in [0.1, 0.15) is 5.69 Å². The summed E-state index contributed by atoms with van der Waals surface area (Å²) in [4.78, 5) is 1.69. The van der Waals surface area contributed by atoms with Crippen molar-refractivity contribution in [3.05, 3.63) is 175 Å². The van der Waals surface area contributed by atoms with E-state index in [2.05, 4.69) is 126 Å². The highest BCUT2D eigenvalue weighted by Gasteiger charge is 2.42. The Hall–Kier alpha value is -7.38. The van der Waals surface area contributed by atoms with Crippen molar-refractivity contribution in [3.63, 3.8) is 0 Å². The molecule has 1 aliphatic heterocycles. The van der Waals surface area contributed by atoms with Crippen molar-refractivity contribution in [2.75, 3.05) is 4.90 Å². The molecule has 8 aromatic rings. The number of hydrogen-bond acceptors (Lipinski definition) is 6. The second kappa shape index (κ2) is 12.4. The van der Waals surface area contributed by atoms with Gasteiger partial charge in [0.15, 0.2) is 11.5 Å². The number of phenolic OH excluding ortho intramolecular Hbond substituents is 5. The minimum absolute atomic E-state index is 0.184. The number of anilines is 2. The lowest BCUT2D eigenvalue weighted by atomic mass is 9.86. The van der Waals surface area contributed by atoms with Gasteiger partial charge in [-0.05, 0) is 75.4 Å². The van der Waals surface area contributed by atoms with Crippen LogP contribution in [0.2, 0.25) is 0 Å². The summed E-state index contributed by atoms with van der Waals surface area (Å²) in [6, 6.07) is 50.1. The molecular formula is C48H34N2O5. The van der Waals surface area contributed by atoms with Crippen LogP contribution in [0, 0.1) is 0 Å². The molecule has 0 fully saturated rings. The molecule has 1 aromatic heterocycles. The van der Waals surface area contributed by atoms with Gasteiger partial charge in [0.05, 0.1) is 17.1 Å². The summed E-state index contributed by atoms with van der Waals surface area (Å²) in [6.45, 7) is 0. The fraction of sp³-hybridized carbons (Fsp3) is 0.0417. The number of hydrogen-bond donors (Lipinski definition) is 5. The Kier molecular flexibility index (Phi) is 7.25. The van der Waals surface area contributed by atoms with E-state index in [1.54, 1.807) is 4.90 Å². The van der Waals surface area contributed by atoms with Crippen LogP contribution in [0.15, 0.2) is 164 Å². The van der Waals surface area contributed by atoms with Crippen LogP contribution >= 0.6 is 0 Å². The molecule has 2 heterocycles. The first kappa shape index (κ1) is 32.3. The molecule has 0 amide bonds. The summed E-state index contributed by atoms with van der Waals surface area (Å²) in [5.41, 5.74) is 11.5. The predicted molar refractivity (Wildman–Crippen MR) is 219 cm³/mol. The third-order valence-corrected chi connectivity index (χ3v) is 11.1. The van der Waals surface area contributed by atoms with Gasteiger partial charge in [0.25, 0.3) is 0 Å². The minimum Gasteiger partial charge on any atom is -0.503 e. The Morgan fingerprint density at radius 2 is 1.05 bits per heavy atom. The zero-order chi connectivity index (χ0) is 37.4. The molecule has 7 aromatic carbocycles. The van der Waals surface area contributed by atoms with Gasteiger partial charge < -0.3 is 35.0 Å². The largest absolute Gasteiger partial charge is 0.503 e. The average Bonchev–Trinajstić information content (AvgIpc) is 3.75. The Morgan fingerprint density at radius 1 is 0.455 bits per heavy atom. The number of para-hydroxylation sites is 2. The lowest BCUT2D eigenvalue weighted by molar-refractivity contribution is 0.329. The molecule has 7 nitrogen and oxygen atoms in total. The zero-order valence-corrected chi connectivity index (χ0v) is 29.4. The van der Waals surface area contributed by atoms with Crippen LogP contribution in [0.1, 0.15) is 17.0 Å². The van der Waals surface area contributed by atoms with Crippen molar-refractivity contribution in [2.24, 2.45) is 0 Å². The lowest BCUT2D eigenvalue weighted by Crippen LogP contribution is -2.29. The van der Waals surface area contributed by atoms with Crippen LogP contribution in [0.3, 0.4) is 0 Å². The lowest BCUT2D eigenvalue weighted by Gasteiger charge is -2.31. The summed E-state index contributed by atoms with van der Waals surface area (Å²) in [6.07, 6.45) is 6.22. The molecule has 0 saturated carbocycles. The molecule has 1 aliphatic carbocycles. The molecule has 266 valence electrons. The van der Waals surface area contributed by atoms with Crippen LogP contribution in [-0.2, 0) is 0 Å². The van der Waals surface area contributed by atoms with Gasteiger partial charge in [0.2, 0.25) is 17.2 Å². The number of fused-ring (bicyclic) bond motifs is 6. The van der Waals surface area contributed by atoms with E-state index in [1.165, 1.54) is 11.1 Å². The highest BCUT2D eigenvalue weighted by atomic mass is 16.4. The standard InChI is InChI=1S/C48H34N2O5/c51-44-43(45(52)47(54)48(55)46(44)53)50-40-16-7-5-14-36(40)38-27-33(22-24-42(38)50)32-21-23-41-37(26-32)35-13-4-6-15-39(35)49(41)34-12-8-11-31(25-34)30-19-17-29(18-20-30)28-9-2-1-3-10-28/h1-27,38,42,51-55H. The second-order valence-corrected chi connectivity index (χ2v) is 14.1. The molecule has 5 N–H and O–H groups in total. The van der Waals surface area contributed by atoms with Crippen molar-refractivity contribution in [3.8, 4) is 56.7 Å². The number of benzene rings is 7. The average molecular weight is 719 g/mol.